The number of nitrogens with one attached hydrogen (secondary N) is 1. The fraction of sp³-hybridized carbons (Fsp3) is 0.542. The quantitative estimate of drug-likeness (QED) is 0.536. The zero-order valence-corrected chi connectivity index (χ0v) is 19.4. The van der Waals surface area contributed by atoms with Gasteiger partial charge in [0.1, 0.15) is 23.4 Å². The fourth-order valence-corrected chi connectivity index (χ4v) is 4.00. The first-order valence-corrected chi connectivity index (χ1v) is 11.4. The summed E-state index contributed by atoms with van der Waals surface area (Å²) < 4.78 is 16.8. The van der Waals surface area contributed by atoms with E-state index < -0.39 is 0 Å². The average Bonchev–Trinajstić information content (AvgIpc) is 3.21. The van der Waals surface area contributed by atoms with Gasteiger partial charge in [0.15, 0.2) is 0 Å². The Bertz CT molecular complexity index is 846. The zero-order valence-electron chi connectivity index (χ0n) is 18.7. The van der Waals surface area contributed by atoms with Crippen LogP contribution in [0.3, 0.4) is 0 Å². The molecule has 3 rings (SSSR count). The van der Waals surface area contributed by atoms with Gasteiger partial charge in [-0.15, -0.1) is 0 Å². The summed E-state index contributed by atoms with van der Waals surface area (Å²) in [5.74, 6) is 2.93. The van der Waals surface area contributed by atoms with Gasteiger partial charge >= 0.3 is 0 Å². The molecule has 0 saturated carbocycles. The van der Waals surface area contributed by atoms with Gasteiger partial charge in [-0.1, -0.05) is 18.5 Å². The lowest BCUT2D eigenvalue weighted by Crippen LogP contribution is -2.39. The Kier molecular flexibility index (Phi) is 8.81. The smallest absolute Gasteiger partial charge is 0.251 e. The number of rotatable bonds is 10. The summed E-state index contributed by atoms with van der Waals surface area (Å²) in [6.07, 6.45) is 3.14. The molecule has 1 saturated heterocycles. The van der Waals surface area contributed by atoms with E-state index >= 15 is 0 Å². The van der Waals surface area contributed by atoms with Gasteiger partial charge in [-0.2, -0.15) is 0 Å². The molecule has 170 valence electrons. The average molecular weight is 449 g/mol. The summed E-state index contributed by atoms with van der Waals surface area (Å²) >= 11 is 6.38. The number of methoxy groups -OCH3 is 1. The van der Waals surface area contributed by atoms with Crippen molar-refractivity contribution in [3.05, 3.63) is 52.4 Å². The maximum absolute atomic E-state index is 12.1. The number of ether oxygens (including phenoxy) is 2. The van der Waals surface area contributed by atoms with E-state index in [0.29, 0.717) is 35.4 Å². The van der Waals surface area contributed by atoms with Gasteiger partial charge in [0.25, 0.3) is 5.91 Å². The van der Waals surface area contributed by atoms with Crippen LogP contribution in [0.1, 0.15) is 54.0 Å². The van der Waals surface area contributed by atoms with Crippen LogP contribution in [0.4, 0.5) is 0 Å². The molecular weight excluding hydrogens is 416 g/mol. The third-order valence-corrected chi connectivity index (χ3v) is 6.03. The lowest BCUT2D eigenvalue weighted by Gasteiger charge is -2.32. The van der Waals surface area contributed by atoms with E-state index in [9.17, 15) is 4.79 Å². The van der Waals surface area contributed by atoms with Gasteiger partial charge < -0.3 is 24.1 Å². The Labute approximate surface area is 189 Å². The molecule has 31 heavy (non-hydrogen) atoms. The molecule has 1 fully saturated rings. The van der Waals surface area contributed by atoms with Crippen LogP contribution < -0.4 is 10.1 Å². The van der Waals surface area contributed by atoms with Crippen LogP contribution in [0, 0.1) is 6.92 Å². The molecule has 0 aliphatic carbocycles. The van der Waals surface area contributed by atoms with Crippen molar-refractivity contribution in [1.82, 2.24) is 10.2 Å². The number of amides is 1. The maximum atomic E-state index is 12.1. The number of furan rings is 1. The molecule has 2 heterocycles. The molecule has 1 amide bonds. The van der Waals surface area contributed by atoms with Crippen LogP contribution in [0.15, 0.2) is 34.7 Å². The molecule has 1 aliphatic heterocycles. The van der Waals surface area contributed by atoms with Gasteiger partial charge in [-0.05, 0) is 63.1 Å². The minimum Gasteiger partial charge on any atom is -0.489 e. The summed E-state index contributed by atoms with van der Waals surface area (Å²) in [7, 11) is 1.60. The van der Waals surface area contributed by atoms with Crippen molar-refractivity contribution >= 4 is 17.5 Å². The summed E-state index contributed by atoms with van der Waals surface area (Å²) in [6.45, 7) is 8.21. The predicted molar refractivity (Wildman–Crippen MR) is 122 cm³/mol. The number of hydrogen-bond donors (Lipinski definition) is 1. The van der Waals surface area contributed by atoms with Crippen molar-refractivity contribution in [2.24, 2.45) is 0 Å². The monoisotopic (exact) mass is 448 g/mol. The number of hydrogen-bond acceptors (Lipinski definition) is 5. The van der Waals surface area contributed by atoms with Crippen molar-refractivity contribution in [2.45, 2.75) is 45.1 Å². The Morgan fingerprint density at radius 2 is 2.06 bits per heavy atom. The zero-order chi connectivity index (χ0) is 22.2. The number of nitrogens with zero attached hydrogens (tertiary/aromatic N) is 1. The van der Waals surface area contributed by atoms with Crippen LogP contribution in [-0.4, -0.2) is 56.8 Å². The second kappa shape index (κ2) is 11.6. The van der Waals surface area contributed by atoms with Crippen molar-refractivity contribution in [3.8, 4) is 5.75 Å². The highest BCUT2D eigenvalue weighted by Gasteiger charge is 2.22. The molecule has 2 aromatic rings. The normalized spacial score (nSPS) is 16.3. The Morgan fingerprint density at radius 1 is 1.29 bits per heavy atom. The van der Waals surface area contributed by atoms with Crippen LogP contribution in [-0.2, 0) is 4.74 Å². The third-order valence-electron chi connectivity index (χ3n) is 5.74. The van der Waals surface area contributed by atoms with Gasteiger partial charge in [0.05, 0.1) is 11.6 Å². The highest BCUT2D eigenvalue weighted by atomic mass is 35.5. The predicted octanol–water partition coefficient (Wildman–Crippen LogP) is 4.65. The highest BCUT2D eigenvalue weighted by molar-refractivity contribution is 6.32. The fourth-order valence-electron chi connectivity index (χ4n) is 3.77. The SMILES string of the molecule is COCCNC(=O)c1ccc(OC2CCN(CC[C@@H](C)c3ccc(C)o3)CC2)c(Cl)c1. The number of halogens is 1. The van der Waals surface area contributed by atoms with Crippen molar-refractivity contribution in [1.29, 1.82) is 0 Å². The van der Waals surface area contributed by atoms with Crippen molar-refractivity contribution < 1.29 is 18.7 Å². The second-order valence-electron chi connectivity index (χ2n) is 8.19. The maximum Gasteiger partial charge on any atom is 0.251 e. The Balaban J connectivity index is 1.42. The van der Waals surface area contributed by atoms with E-state index in [2.05, 4.69) is 23.2 Å². The molecule has 1 N–H and O–H groups in total. The molecule has 0 spiro atoms. The number of carbonyl (C=O) groups excluding carboxylic acids is 1. The largest absolute Gasteiger partial charge is 0.489 e. The van der Waals surface area contributed by atoms with E-state index in [4.69, 9.17) is 25.5 Å². The molecule has 7 heteroatoms. The number of likely N-dealkylation sites (tertiary alicyclic amines) is 1. The van der Waals surface area contributed by atoms with Gasteiger partial charge in [0.2, 0.25) is 0 Å². The second-order valence-corrected chi connectivity index (χ2v) is 8.60. The molecule has 6 nitrogen and oxygen atoms in total. The van der Waals surface area contributed by atoms with E-state index in [1.807, 2.05) is 13.0 Å². The number of benzene rings is 1. The molecule has 0 unspecified atom stereocenters. The van der Waals surface area contributed by atoms with Crippen LogP contribution >= 0.6 is 11.6 Å². The first-order valence-electron chi connectivity index (χ1n) is 11.0. The van der Waals surface area contributed by atoms with Crippen LogP contribution in [0.5, 0.6) is 5.75 Å². The molecule has 1 aromatic heterocycles. The standard InChI is InChI=1S/C24H33ClN2O4/c1-17(22-6-4-18(2)30-22)8-12-27-13-9-20(10-14-27)31-23-7-5-19(16-21(23)25)24(28)26-11-15-29-3/h4-7,16-17,20H,8-15H2,1-3H3,(H,26,28)/t17-/m1/s1. The number of aryl methyl sites for hydroxylation is 1. The molecule has 1 aliphatic rings. The van der Waals surface area contributed by atoms with Crippen molar-refractivity contribution in [2.75, 3.05) is 39.9 Å². The van der Waals surface area contributed by atoms with Gasteiger partial charge in [0, 0.05) is 38.2 Å². The summed E-state index contributed by atoms with van der Waals surface area (Å²) in [4.78, 5) is 14.6. The highest BCUT2D eigenvalue weighted by Crippen LogP contribution is 2.29. The van der Waals surface area contributed by atoms with E-state index in [0.717, 1.165) is 50.4 Å². The first-order chi connectivity index (χ1) is 15.0. The van der Waals surface area contributed by atoms with Crippen LogP contribution in [0.25, 0.3) is 0 Å². The molecule has 1 atom stereocenters. The minimum atomic E-state index is -0.169. The van der Waals surface area contributed by atoms with Gasteiger partial charge in [-0.25, -0.2) is 0 Å². The van der Waals surface area contributed by atoms with Gasteiger partial charge in [-0.3, -0.25) is 4.79 Å². The molecular formula is C24H33ClN2O4. The summed E-state index contributed by atoms with van der Waals surface area (Å²) in [5, 5.41) is 3.25. The first kappa shape index (κ1) is 23.6. The topological polar surface area (TPSA) is 63.9 Å². The molecule has 0 bridgehead atoms. The summed E-state index contributed by atoms with van der Waals surface area (Å²) in [6, 6.07) is 9.30. The Hall–Kier alpha value is -2.02. The lowest BCUT2D eigenvalue weighted by molar-refractivity contribution is 0.0936. The van der Waals surface area contributed by atoms with E-state index in [1.165, 1.54) is 0 Å². The summed E-state index contributed by atoms with van der Waals surface area (Å²) in [5.41, 5.74) is 0.518. The lowest BCUT2D eigenvalue weighted by atomic mass is 10.0. The minimum absolute atomic E-state index is 0.139. The van der Waals surface area contributed by atoms with Crippen LogP contribution in [0.2, 0.25) is 5.02 Å². The van der Waals surface area contributed by atoms with Crippen molar-refractivity contribution in [3.63, 3.8) is 0 Å². The van der Waals surface area contributed by atoms with E-state index in [-0.39, 0.29) is 12.0 Å². The third kappa shape index (κ3) is 6.99. The number of piperidine rings is 1. The Morgan fingerprint density at radius 3 is 2.71 bits per heavy atom. The molecule has 1 aromatic carbocycles. The number of carbonyl (C=O) groups is 1. The van der Waals surface area contributed by atoms with E-state index in [1.54, 1.807) is 25.3 Å². The molecule has 0 radical (unpaired) electrons.